The fraction of sp³-hybridized carbons (Fsp3) is 0.529. The summed E-state index contributed by atoms with van der Waals surface area (Å²) in [6.07, 6.45) is 5.84. The molecule has 2 amide bonds. The Morgan fingerprint density at radius 1 is 1.39 bits per heavy atom. The maximum atomic E-state index is 12.5. The number of aromatic nitrogens is 3. The summed E-state index contributed by atoms with van der Waals surface area (Å²) >= 11 is 0. The number of carbonyl (C=O) groups is 1. The highest BCUT2D eigenvalue weighted by Crippen LogP contribution is 2.25. The molecule has 0 bridgehead atoms. The van der Waals surface area contributed by atoms with Gasteiger partial charge in [0.05, 0.1) is 12.6 Å². The molecule has 0 saturated carbocycles. The second-order valence-electron chi connectivity index (χ2n) is 6.54. The van der Waals surface area contributed by atoms with Gasteiger partial charge in [-0.3, -0.25) is 0 Å². The molecule has 0 aliphatic carbocycles. The lowest BCUT2D eigenvalue weighted by Crippen LogP contribution is -2.46. The van der Waals surface area contributed by atoms with Crippen molar-refractivity contribution in [1.82, 2.24) is 24.3 Å². The lowest BCUT2D eigenvalue weighted by molar-refractivity contribution is 0.161. The highest BCUT2D eigenvalue weighted by Gasteiger charge is 2.27. The first-order valence-electron chi connectivity index (χ1n) is 8.25. The Kier molecular flexibility index (Phi) is 4.41. The minimum absolute atomic E-state index is 0.0240. The first-order chi connectivity index (χ1) is 11.1. The molecule has 1 aliphatic heterocycles. The number of hydrogen-bond donors (Lipinski definition) is 1. The number of urea groups is 1. The van der Waals surface area contributed by atoms with Crippen LogP contribution in [0.15, 0.2) is 30.7 Å². The van der Waals surface area contributed by atoms with Crippen LogP contribution in [0.2, 0.25) is 0 Å². The topological polar surface area (TPSA) is 55.1 Å². The molecular formula is C17H25N5O. The number of amides is 2. The second-order valence-corrected chi connectivity index (χ2v) is 6.54. The van der Waals surface area contributed by atoms with Crippen molar-refractivity contribution >= 4 is 6.03 Å². The summed E-state index contributed by atoms with van der Waals surface area (Å²) in [5, 5.41) is 3.02. The zero-order valence-electron chi connectivity index (χ0n) is 14.1. The third-order valence-electron chi connectivity index (χ3n) is 4.36. The van der Waals surface area contributed by atoms with E-state index in [0.29, 0.717) is 12.5 Å². The van der Waals surface area contributed by atoms with Crippen LogP contribution in [0.3, 0.4) is 0 Å². The van der Waals surface area contributed by atoms with Crippen molar-refractivity contribution < 1.29 is 4.79 Å². The van der Waals surface area contributed by atoms with Crippen LogP contribution in [0.1, 0.15) is 38.3 Å². The van der Waals surface area contributed by atoms with Crippen LogP contribution in [-0.2, 0) is 19.6 Å². The van der Waals surface area contributed by atoms with Crippen molar-refractivity contribution in [2.45, 2.75) is 46.4 Å². The number of nitrogens with one attached hydrogen (secondary N) is 1. The molecule has 1 N–H and O–H groups in total. The van der Waals surface area contributed by atoms with E-state index in [4.69, 9.17) is 0 Å². The molecule has 23 heavy (non-hydrogen) atoms. The highest BCUT2D eigenvalue weighted by atomic mass is 16.2. The van der Waals surface area contributed by atoms with Crippen LogP contribution in [-0.4, -0.2) is 31.6 Å². The van der Waals surface area contributed by atoms with E-state index in [0.717, 1.165) is 25.5 Å². The van der Waals surface area contributed by atoms with E-state index in [-0.39, 0.29) is 12.1 Å². The third kappa shape index (κ3) is 3.25. The highest BCUT2D eigenvalue weighted by molar-refractivity contribution is 5.74. The van der Waals surface area contributed by atoms with Gasteiger partial charge in [0.15, 0.2) is 0 Å². The molecule has 1 aliphatic rings. The lowest BCUT2D eigenvalue weighted by atomic mass is 10.1. The van der Waals surface area contributed by atoms with Gasteiger partial charge in [-0.05, 0) is 25.0 Å². The summed E-state index contributed by atoms with van der Waals surface area (Å²) in [4.78, 5) is 18.8. The van der Waals surface area contributed by atoms with Crippen LogP contribution >= 0.6 is 0 Å². The quantitative estimate of drug-likeness (QED) is 0.943. The van der Waals surface area contributed by atoms with E-state index in [1.807, 2.05) is 17.2 Å². The molecule has 3 rings (SSSR count). The van der Waals surface area contributed by atoms with E-state index in [2.05, 4.69) is 52.5 Å². The smallest absolute Gasteiger partial charge is 0.318 e. The second kappa shape index (κ2) is 6.48. The molecular weight excluding hydrogens is 290 g/mol. The number of nitrogens with zero attached hydrogens (tertiary/aromatic N) is 4. The summed E-state index contributed by atoms with van der Waals surface area (Å²) in [5.41, 5.74) is 1.19. The third-order valence-corrected chi connectivity index (χ3v) is 4.36. The first-order valence-corrected chi connectivity index (χ1v) is 8.25. The van der Waals surface area contributed by atoms with Crippen molar-refractivity contribution in [3.8, 4) is 0 Å². The number of hydrogen-bond acceptors (Lipinski definition) is 2. The zero-order chi connectivity index (χ0) is 16.4. The summed E-state index contributed by atoms with van der Waals surface area (Å²) in [7, 11) is 0. The summed E-state index contributed by atoms with van der Waals surface area (Å²) in [6, 6.07) is 4.19. The zero-order valence-corrected chi connectivity index (χ0v) is 14.1. The van der Waals surface area contributed by atoms with Gasteiger partial charge in [0.25, 0.3) is 0 Å². The predicted molar refractivity (Wildman–Crippen MR) is 88.9 cm³/mol. The first kappa shape index (κ1) is 15.6. The molecule has 124 valence electrons. The van der Waals surface area contributed by atoms with Crippen molar-refractivity contribution in [3.63, 3.8) is 0 Å². The standard InChI is InChI=1S/C17H25N5O/c1-13(2)12-21-8-6-18-16(21)11-19-17(23)22-10-9-20-7-4-5-15(20)14(22)3/h4-8,13-14H,9-12H2,1-3H3,(H,19,23). The Morgan fingerprint density at radius 2 is 2.22 bits per heavy atom. The van der Waals surface area contributed by atoms with Gasteiger partial charge in [0.1, 0.15) is 5.82 Å². The van der Waals surface area contributed by atoms with E-state index in [9.17, 15) is 4.79 Å². The minimum Gasteiger partial charge on any atom is -0.348 e. The lowest BCUT2D eigenvalue weighted by Gasteiger charge is -2.34. The monoisotopic (exact) mass is 315 g/mol. The summed E-state index contributed by atoms with van der Waals surface area (Å²) in [5.74, 6) is 1.45. The summed E-state index contributed by atoms with van der Waals surface area (Å²) < 4.78 is 4.32. The Bertz CT molecular complexity index is 672. The molecule has 0 spiro atoms. The van der Waals surface area contributed by atoms with E-state index in [1.165, 1.54) is 5.69 Å². The van der Waals surface area contributed by atoms with Crippen LogP contribution in [0.25, 0.3) is 0 Å². The number of rotatable bonds is 4. The molecule has 1 unspecified atom stereocenters. The number of imidazole rings is 1. The van der Waals surface area contributed by atoms with Crippen LogP contribution in [0, 0.1) is 5.92 Å². The Morgan fingerprint density at radius 3 is 3.00 bits per heavy atom. The molecule has 6 heteroatoms. The average molecular weight is 315 g/mol. The Balaban J connectivity index is 1.61. The predicted octanol–water partition coefficient (Wildman–Crippen LogP) is 2.63. The van der Waals surface area contributed by atoms with Gasteiger partial charge in [-0.15, -0.1) is 0 Å². The van der Waals surface area contributed by atoms with Crippen LogP contribution in [0.4, 0.5) is 4.79 Å². The number of fused-ring (bicyclic) bond motifs is 1. The molecule has 0 fully saturated rings. The maximum absolute atomic E-state index is 12.5. The van der Waals surface area contributed by atoms with Crippen molar-refractivity contribution in [2.75, 3.05) is 6.54 Å². The fourth-order valence-corrected chi connectivity index (χ4v) is 3.18. The molecule has 0 saturated heterocycles. The largest absolute Gasteiger partial charge is 0.348 e. The molecule has 2 aromatic rings. The normalized spacial score (nSPS) is 17.4. The van der Waals surface area contributed by atoms with Crippen LogP contribution in [0.5, 0.6) is 0 Å². The van der Waals surface area contributed by atoms with Crippen LogP contribution < -0.4 is 5.32 Å². The van der Waals surface area contributed by atoms with Crippen molar-refractivity contribution in [1.29, 1.82) is 0 Å². The SMILES string of the molecule is CC(C)Cn1ccnc1CNC(=O)N1CCn2cccc2C1C. The maximum Gasteiger partial charge on any atom is 0.318 e. The number of carbonyl (C=O) groups excluding carboxylic acids is 1. The Hall–Kier alpha value is -2.24. The van der Waals surface area contributed by atoms with E-state index >= 15 is 0 Å². The molecule has 1 atom stereocenters. The summed E-state index contributed by atoms with van der Waals surface area (Å²) in [6.45, 7) is 9.38. The molecule has 0 radical (unpaired) electrons. The van der Waals surface area contributed by atoms with Gasteiger partial charge in [-0.25, -0.2) is 9.78 Å². The minimum atomic E-state index is -0.0240. The van der Waals surface area contributed by atoms with Gasteiger partial charge in [0.2, 0.25) is 0 Å². The molecule has 3 heterocycles. The molecule has 0 aromatic carbocycles. The molecule has 2 aromatic heterocycles. The van der Waals surface area contributed by atoms with Gasteiger partial charge < -0.3 is 19.4 Å². The Labute approximate surface area is 137 Å². The van der Waals surface area contributed by atoms with Gasteiger partial charge >= 0.3 is 6.03 Å². The van der Waals surface area contributed by atoms with E-state index in [1.54, 1.807) is 6.20 Å². The van der Waals surface area contributed by atoms with Crippen molar-refractivity contribution in [3.05, 3.63) is 42.2 Å². The van der Waals surface area contributed by atoms with E-state index < -0.39 is 0 Å². The molecule has 6 nitrogen and oxygen atoms in total. The van der Waals surface area contributed by atoms with Crippen molar-refractivity contribution in [2.24, 2.45) is 5.92 Å². The average Bonchev–Trinajstić information content (AvgIpc) is 3.14. The fourth-order valence-electron chi connectivity index (χ4n) is 3.18. The van der Waals surface area contributed by atoms with Gasteiger partial charge in [-0.2, -0.15) is 0 Å². The van der Waals surface area contributed by atoms with Gasteiger partial charge in [-0.1, -0.05) is 13.8 Å². The van der Waals surface area contributed by atoms with Gasteiger partial charge in [0, 0.05) is 43.9 Å².